The summed E-state index contributed by atoms with van der Waals surface area (Å²) in [5, 5.41) is 2.69. The van der Waals surface area contributed by atoms with E-state index in [2.05, 4.69) is 15.2 Å². The van der Waals surface area contributed by atoms with E-state index in [1.54, 1.807) is 18.3 Å². The van der Waals surface area contributed by atoms with Gasteiger partial charge in [-0.3, -0.25) is 9.59 Å². The fraction of sp³-hybridized carbons (Fsp3) is 0.476. The SMILES string of the molecule is O=C(NCCS(=O)(=O)N1CCN(c2ccccn2)CC1)[C@@H]1CCCN1C(=O)c1ccco1. The zero-order valence-electron chi connectivity index (χ0n) is 17.7. The van der Waals surface area contributed by atoms with E-state index in [0.29, 0.717) is 45.6 Å². The van der Waals surface area contributed by atoms with E-state index in [1.807, 2.05) is 18.2 Å². The number of amides is 2. The van der Waals surface area contributed by atoms with Crippen LogP contribution in [0.4, 0.5) is 5.82 Å². The number of carbonyl (C=O) groups excluding carboxylic acids is 2. The van der Waals surface area contributed by atoms with Crippen LogP contribution < -0.4 is 10.2 Å². The molecule has 0 aliphatic carbocycles. The molecule has 4 heterocycles. The van der Waals surface area contributed by atoms with Crippen molar-refractivity contribution in [2.75, 3.05) is 49.9 Å². The molecule has 172 valence electrons. The van der Waals surface area contributed by atoms with Gasteiger partial charge in [0.1, 0.15) is 11.9 Å². The van der Waals surface area contributed by atoms with E-state index >= 15 is 0 Å². The lowest BCUT2D eigenvalue weighted by molar-refractivity contribution is -0.124. The van der Waals surface area contributed by atoms with Gasteiger partial charge in [-0.15, -0.1) is 0 Å². The second-order valence-corrected chi connectivity index (χ2v) is 9.90. The highest BCUT2D eigenvalue weighted by atomic mass is 32.2. The van der Waals surface area contributed by atoms with Gasteiger partial charge in [-0.2, -0.15) is 4.31 Å². The van der Waals surface area contributed by atoms with Gasteiger partial charge in [0.15, 0.2) is 5.76 Å². The molecule has 1 atom stereocenters. The zero-order chi connectivity index (χ0) is 22.6. The van der Waals surface area contributed by atoms with Crippen molar-refractivity contribution in [3.05, 3.63) is 48.6 Å². The first-order valence-corrected chi connectivity index (χ1v) is 12.3. The Labute approximate surface area is 187 Å². The van der Waals surface area contributed by atoms with Crippen LogP contribution in [0.15, 0.2) is 47.2 Å². The molecule has 2 aliphatic rings. The normalized spacial score (nSPS) is 19.8. The number of likely N-dealkylation sites (tertiary alicyclic amines) is 1. The third-order valence-corrected chi connectivity index (χ3v) is 7.68. The highest BCUT2D eigenvalue weighted by Gasteiger charge is 2.35. The van der Waals surface area contributed by atoms with Gasteiger partial charge in [-0.25, -0.2) is 13.4 Å². The van der Waals surface area contributed by atoms with Crippen molar-refractivity contribution in [2.45, 2.75) is 18.9 Å². The minimum absolute atomic E-state index is 0.000897. The molecule has 2 fully saturated rings. The predicted molar refractivity (Wildman–Crippen MR) is 118 cm³/mol. The van der Waals surface area contributed by atoms with Crippen LogP contribution in [0.3, 0.4) is 0 Å². The molecule has 2 aromatic heterocycles. The summed E-state index contributed by atoms with van der Waals surface area (Å²) < 4.78 is 32.1. The summed E-state index contributed by atoms with van der Waals surface area (Å²) in [6, 6.07) is 8.23. The average molecular weight is 462 g/mol. The number of aromatic nitrogens is 1. The molecule has 0 unspecified atom stereocenters. The molecule has 2 aliphatic heterocycles. The van der Waals surface area contributed by atoms with E-state index in [-0.39, 0.29) is 29.9 Å². The van der Waals surface area contributed by atoms with Gasteiger partial charge < -0.3 is 19.5 Å². The molecule has 2 amide bonds. The first-order valence-electron chi connectivity index (χ1n) is 10.7. The summed E-state index contributed by atoms with van der Waals surface area (Å²) in [6.07, 6.45) is 4.39. The third kappa shape index (κ3) is 4.94. The Hall–Kier alpha value is -2.92. The van der Waals surface area contributed by atoms with Crippen molar-refractivity contribution in [1.29, 1.82) is 0 Å². The number of furan rings is 1. The number of rotatable bonds is 7. The third-order valence-electron chi connectivity index (χ3n) is 5.81. The van der Waals surface area contributed by atoms with E-state index in [9.17, 15) is 18.0 Å². The summed E-state index contributed by atoms with van der Waals surface area (Å²) in [4.78, 5) is 33.0. The summed E-state index contributed by atoms with van der Waals surface area (Å²) in [5.74, 6) is 0.184. The molecule has 4 rings (SSSR count). The second kappa shape index (κ2) is 9.70. The second-order valence-electron chi connectivity index (χ2n) is 7.81. The number of pyridine rings is 1. The van der Waals surface area contributed by atoms with Crippen LogP contribution in [0.2, 0.25) is 0 Å². The topological polar surface area (TPSA) is 116 Å². The number of sulfonamides is 1. The van der Waals surface area contributed by atoms with Gasteiger partial charge in [-0.05, 0) is 37.1 Å². The molecule has 1 N–H and O–H groups in total. The number of hydrogen-bond acceptors (Lipinski definition) is 7. The number of anilines is 1. The summed E-state index contributed by atoms with van der Waals surface area (Å²) in [6.45, 7) is 2.35. The smallest absolute Gasteiger partial charge is 0.290 e. The molecular formula is C21H27N5O5S. The van der Waals surface area contributed by atoms with Crippen molar-refractivity contribution in [1.82, 2.24) is 19.5 Å². The summed E-state index contributed by atoms with van der Waals surface area (Å²) in [5.41, 5.74) is 0. The predicted octanol–water partition coefficient (Wildman–Crippen LogP) is 0.547. The van der Waals surface area contributed by atoms with E-state index in [1.165, 1.54) is 15.5 Å². The molecular weight excluding hydrogens is 434 g/mol. The van der Waals surface area contributed by atoms with Crippen molar-refractivity contribution in [3.8, 4) is 0 Å². The fourth-order valence-electron chi connectivity index (χ4n) is 4.11. The maximum Gasteiger partial charge on any atom is 0.290 e. The van der Waals surface area contributed by atoms with E-state index in [0.717, 1.165) is 5.82 Å². The molecule has 11 heteroatoms. The molecule has 0 saturated carbocycles. The highest BCUT2D eigenvalue weighted by molar-refractivity contribution is 7.89. The Morgan fingerprint density at radius 2 is 1.91 bits per heavy atom. The van der Waals surface area contributed by atoms with Crippen LogP contribution in [0, 0.1) is 0 Å². The van der Waals surface area contributed by atoms with Crippen molar-refractivity contribution >= 4 is 27.7 Å². The number of piperazine rings is 1. The molecule has 0 bridgehead atoms. The Bertz CT molecular complexity index is 1020. The lowest BCUT2D eigenvalue weighted by Crippen LogP contribution is -2.51. The standard InChI is InChI=1S/C21H27N5O5S/c27-20(17-5-3-10-26(17)21(28)18-6-4-15-31-18)23-9-16-32(29,30)25-13-11-24(12-14-25)19-7-1-2-8-22-19/h1-2,4,6-8,15,17H,3,5,9-14,16H2,(H,23,27)/t17-/m0/s1. The Balaban J connectivity index is 1.25. The Morgan fingerprint density at radius 1 is 1.09 bits per heavy atom. The van der Waals surface area contributed by atoms with Gasteiger partial charge in [0, 0.05) is 45.5 Å². The largest absolute Gasteiger partial charge is 0.459 e. The highest BCUT2D eigenvalue weighted by Crippen LogP contribution is 2.21. The van der Waals surface area contributed by atoms with Crippen LogP contribution in [-0.4, -0.2) is 85.5 Å². The lowest BCUT2D eigenvalue weighted by Gasteiger charge is -2.34. The maximum atomic E-state index is 12.7. The Kier molecular flexibility index (Phi) is 6.75. The lowest BCUT2D eigenvalue weighted by atomic mass is 10.2. The number of hydrogen-bond donors (Lipinski definition) is 1. The minimum Gasteiger partial charge on any atom is -0.459 e. The van der Waals surface area contributed by atoms with Gasteiger partial charge in [0.2, 0.25) is 15.9 Å². The molecule has 2 aromatic rings. The van der Waals surface area contributed by atoms with Crippen LogP contribution in [-0.2, 0) is 14.8 Å². The summed E-state index contributed by atoms with van der Waals surface area (Å²) >= 11 is 0. The van der Waals surface area contributed by atoms with E-state index in [4.69, 9.17) is 4.42 Å². The van der Waals surface area contributed by atoms with Crippen LogP contribution >= 0.6 is 0 Å². The van der Waals surface area contributed by atoms with Gasteiger partial charge in [0.05, 0.1) is 12.0 Å². The average Bonchev–Trinajstić information content (AvgIpc) is 3.52. The zero-order valence-corrected chi connectivity index (χ0v) is 18.5. The first kappa shape index (κ1) is 22.3. The van der Waals surface area contributed by atoms with Crippen LogP contribution in [0.5, 0.6) is 0 Å². The molecule has 2 saturated heterocycles. The molecule has 10 nitrogen and oxygen atoms in total. The van der Waals surface area contributed by atoms with Gasteiger partial charge >= 0.3 is 0 Å². The first-order chi connectivity index (χ1) is 15.5. The Morgan fingerprint density at radius 3 is 2.59 bits per heavy atom. The summed E-state index contributed by atoms with van der Waals surface area (Å²) in [7, 11) is -3.50. The minimum atomic E-state index is -3.50. The van der Waals surface area contributed by atoms with Crippen molar-refractivity contribution < 1.29 is 22.4 Å². The number of carbonyl (C=O) groups is 2. The number of nitrogens with zero attached hydrogens (tertiary/aromatic N) is 4. The van der Waals surface area contributed by atoms with Crippen molar-refractivity contribution in [3.63, 3.8) is 0 Å². The van der Waals surface area contributed by atoms with E-state index < -0.39 is 16.1 Å². The molecule has 32 heavy (non-hydrogen) atoms. The fourth-order valence-corrected chi connectivity index (χ4v) is 5.45. The monoisotopic (exact) mass is 461 g/mol. The van der Waals surface area contributed by atoms with Gasteiger partial charge in [0.25, 0.3) is 5.91 Å². The maximum absolute atomic E-state index is 12.7. The van der Waals surface area contributed by atoms with Gasteiger partial charge in [-0.1, -0.05) is 6.07 Å². The van der Waals surface area contributed by atoms with Crippen LogP contribution in [0.25, 0.3) is 0 Å². The van der Waals surface area contributed by atoms with Crippen LogP contribution in [0.1, 0.15) is 23.4 Å². The quantitative estimate of drug-likeness (QED) is 0.640. The molecule has 0 radical (unpaired) electrons. The van der Waals surface area contributed by atoms with Crippen molar-refractivity contribution in [2.24, 2.45) is 0 Å². The molecule has 0 spiro atoms. The number of nitrogens with one attached hydrogen (secondary N) is 1. The molecule has 0 aromatic carbocycles.